The fraction of sp³-hybridized carbons (Fsp3) is 0.407. The zero-order chi connectivity index (χ0) is 23.1. The van der Waals surface area contributed by atoms with Gasteiger partial charge in [0.2, 0.25) is 0 Å². The maximum atomic E-state index is 13.3. The lowest BCUT2D eigenvalue weighted by Crippen LogP contribution is -2.34. The number of methoxy groups -OCH3 is 1. The number of nitrogens with one attached hydrogen (secondary N) is 1. The molecule has 1 aromatic heterocycles. The molecule has 0 aliphatic rings. The van der Waals surface area contributed by atoms with Crippen molar-refractivity contribution in [2.24, 2.45) is 0 Å². The second-order valence-corrected chi connectivity index (χ2v) is 8.35. The largest absolute Gasteiger partial charge is 0.497 e. The number of nitrogens with zero attached hydrogens (tertiary/aromatic N) is 2. The van der Waals surface area contributed by atoms with E-state index in [2.05, 4.69) is 31.0 Å². The summed E-state index contributed by atoms with van der Waals surface area (Å²) in [5.74, 6) is 0.712. The standard InChI is InChI=1S/C27H35N3O2/c1-6-30(7-2)15-9-10-20(4)28-27(31)24-18-26(21-11-8-12-22(17-21)32-5)29-25-14-13-19(3)16-23(24)25/h8,11-14,16-18,20H,6-7,9-10,15H2,1-5H3,(H,28,31). The first-order chi connectivity index (χ1) is 15.4. The first-order valence-corrected chi connectivity index (χ1v) is 11.5. The molecule has 32 heavy (non-hydrogen) atoms. The highest BCUT2D eigenvalue weighted by atomic mass is 16.5. The number of aromatic nitrogens is 1. The predicted molar refractivity (Wildman–Crippen MR) is 132 cm³/mol. The average Bonchev–Trinajstić information content (AvgIpc) is 2.81. The number of carbonyl (C=O) groups is 1. The average molecular weight is 434 g/mol. The molecule has 1 unspecified atom stereocenters. The summed E-state index contributed by atoms with van der Waals surface area (Å²) in [6.45, 7) is 11.7. The molecular formula is C27H35N3O2. The number of amides is 1. The van der Waals surface area contributed by atoms with Crippen LogP contribution in [0.15, 0.2) is 48.5 Å². The normalized spacial score (nSPS) is 12.2. The molecule has 2 aromatic carbocycles. The van der Waals surface area contributed by atoms with E-state index in [1.807, 2.05) is 55.5 Å². The summed E-state index contributed by atoms with van der Waals surface area (Å²) >= 11 is 0. The van der Waals surface area contributed by atoms with Crippen LogP contribution >= 0.6 is 0 Å². The topological polar surface area (TPSA) is 54.5 Å². The maximum Gasteiger partial charge on any atom is 0.252 e. The number of hydrogen-bond acceptors (Lipinski definition) is 4. The van der Waals surface area contributed by atoms with Crippen LogP contribution in [0.3, 0.4) is 0 Å². The fourth-order valence-corrected chi connectivity index (χ4v) is 3.99. The molecule has 0 radical (unpaired) electrons. The summed E-state index contributed by atoms with van der Waals surface area (Å²) in [4.78, 5) is 20.6. The smallest absolute Gasteiger partial charge is 0.252 e. The molecule has 1 N–H and O–H groups in total. The molecule has 1 atom stereocenters. The molecule has 3 aromatic rings. The SMILES string of the molecule is CCN(CC)CCCC(C)NC(=O)c1cc(-c2cccc(OC)c2)nc2ccc(C)cc12. The van der Waals surface area contributed by atoms with Gasteiger partial charge in [-0.05, 0) is 76.7 Å². The first kappa shape index (κ1) is 23.7. The Kier molecular flexibility index (Phi) is 8.23. The van der Waals surface area contributed by atoms with Crippen molar-refractivity contribution in [2.45, 2.75) is 46.6 Å². The van der Waals surface area contributed by atoms with Crippen LogP contribution in [0.1, 0.15) is 49.5 Å². The van der Waals surface area contributed by atoms with Gasteiger partial charge in [0.15, 0.2) is 0 Å². The molecule has 0 fully saturated rings. The minimum absolute atomic E-state index is 0.0533. The molecule has 1 heterocycles. The van der Waals surface area contributed by atoms with Crippen LogP contribution in [-0.4, -0.2) is 48.6 Å². The van der Waals surface area contributed by atoms with Gasteiger partial charge in [-0.3, -0.25) is 4.79 Å². The minimum atomic E-state index is -0.0533. The van der Waals surface area contributed by atoms with Crippen LogP contribution in [0.2, 0.25) is 0 Å². The third-order valence-electron chi connectivity index (χ3n) is 5.96. The number of rotatable bonds is 10. The Hall–Kier alpha value is -2.92. The predicted octanol–water partition coefficient (Wildman–Crippen LogP) is 5.46. The molecule has 0 spiro atoms. The van der Waals surface area contributed by atoms with Gasteiger partial charge in [-0.2, -0.15) is 0 Å². The number of pyridine rings is 1. The lowest BCUT2D eigenvalue weighted by atomic mass is 10.0. The van der Waals surface area contributed by atoms with Gasteiger partial charge in [0, 0.05) is 17.0 Å². The zero-order valence-electron chi connectivity index (χ0n) is 19.9. The molecule has 5 nitrogen and oxygen atoms in total. The van der Waals surface area contributed by atoms with Gasteiger partial charge >= 0.3 is 0 Å². The van der Waals surface area contributed by atoms with Crippen LogP contribution in [0.4, 0.5) is 0 Å². The highest BCUT2D eigenvalue weighted by Crippen LogP contribution is 2.28. The van der Waals surface area contributed by atoms with Gasteiger partial charge in [0.1, 0.15) is 5.75 Å². The molecule has 3 rings (SSSR count). The van der Waals surface area contributed by atoms with Crippen molar-refractivity contribution in [1.82, 2.24) is 15.2 Å². The van der Waals surface area contributed by atoms with Crippen LogP contribution < -0.4 is 10.1 Å². The number of ether oxygens (including phenoxy) is 1. The van der Waals surface area contributed by atoms with Crippen molar-refractivity contribution in [3.8, 4) is 17.0 Å². The van der Waals surface area contributed by atoms with Crippen LogP contribution in [0, 0.1) is 6.92 Å². The Labute approximate surface area is 191 Å². The van der Waals surface area contributed by atoms with Crippen LogP contribution in [0.5, 0.6) is 5.75 Å². The second-order valence-electron chi connectivity index (χ2n) is 8.35. The number of aryl methyl sites for hydroxylation is 1. The molecule has 0 saturated heterocycles. The van der Waals surface area contributed by atoms with E-state index in [1.54, 1.807) is 7.11 Å². The maximum absolute atomic E-state index is 13.3. The van der Waals surface area contributed by atoms with E-state index < -0.39 is 0 Å². The van der Waals surface area contributed by atoms with Gasteiger partial charge in [-0.1, -0.05) is 37.6 Å². The van der Waals surface area contributed by atoms with Gasteiger partial charge < -0.3 is 15.0 Å². The Morgan fingerprint density at radius 2 is 1.91 bits per heavy atom. The summed E-state index contributed by atoms with van der Waals surface area (Å²) in [5.41, 5.74) is 4.27. The fourth-order valence-electron chi connectivity index (χ4n) is 3.99. The Balaban J connectivity index is 1.86. The van der Waals surface area contributed by atoms with E-state index in [0.717, 1.165) is 65.9 Å². The highest BCUT2D eigenvalue weighted by molar-refractivity contribution is 6.07. The first-order valence-electron chi connectivity index (χ1n) is 11.5. The number of carbonyl (C=O) groups excluding carboxylic acids is 1. The van der Waals surface area contributed by atoms with Crippen molar-refractivity contribution in [3.63, 3.8) is 0 Å². The lowest BCUT2D eigenvalue weighted by Gasteiger charge is -2.20. The Morgan fingerprint density at radius 1 is 1.12 bits per heavy atom. The van der Waals surface area contributed by atoms with Gasteiger partial charge in [0.05, 0.1) is 23.9 Å². The number of benzene rings is 2. The Morgan fingerprint density at radius 3 is 2.62 bits per heavy atom. The molecular weight excluding hydrogens is 398 g/mol. The van der Waals surface area contributed by atoms with E-state index >= 15 is 0 Å². The summed E-state index contributed by atoms with van der Waals surface area (Å²) in [7, 11) is 1.65. The third kappa shape index (κ3) is 5.86. The molecule has 0 bridgehead atoms. The van der Waals surface area contributed by atoms with E-state index in [0.29, 0.717) is 5.56 Å². The zero-order valence-corrected chi connectivity index (χ0v) is 19.9. The highest BCUT2D eigenvalue weighted by Gasteiger charge is 2.16. The Bertz CT molecular complexity index is 1060. The van der Waals surface area contributed by atoms with E-state index in [1.165, 1.54) is 0 Å². The van der Waals surface area contributed by atoms with E-state index in [-0.39, 0.29) is 11.9 Å². The van der Waals surface area contributed by atoms with E-state index in [9.17, 15) is 4.79 Å². The van der Waals surface area contributed by atoms with Gasteiger partial charge in [-0.15, -0.1) is 0 Å². The van der Waals surface area contributed by atoms with Gasteiger partial charge in [0.25, 0.3) is 5.91 Å². The molecule has 5 heteroatoms. The summed E-state index contributed by atoms with van der Waals surface area (Å²) in [5, 5.41) is 4.09. The molecule has 0 aliphatic heterocycles. The summed E-state index contributed by atoms with van der Waals surface area (Å²) in [6, 6.07) is 15.8. The van der Waals surface area contributed by atoms with Crippen molar-refractivity contribution < 1.29 is 9.53 Å². The number of hydrogen-bond donors (Lipinski definition) is 1. The van der Waals surface area contributed by atoms with Crippen LogP contribution in [-0.2, 0) is 0 Å². The van der Waals surface area contributed by atoms with Crippen molar-refractivity contribution >= 4 is 16.8 Å². The minimum Gasteiger partial charge on any atom is -0.497 e. The quantitative estimate of drug-likeness (QED) is 0.461. The number of fused-ring (bicyclic) bond motifs is 1. The van der Waals surface area contributed by atoms with Crippen LogP contribution in [0.25, 0.3) is 22.2 Å². The molecule has 1 amide bonds. The van der Waals surface area contributed by atoms with E-state index in [4.69, 9.17) is 9.72 Å². The molecule has 170 valence electrons. The summed E-state index contributed by atoms with van der Waals surface area (Å²) in [6.07, 6.45) is 2.02. The molecule has 0 aliphatic carbocycles. The molecule has 0 saturated carbocycles. The summed E-state index contributed by atoms with van der Waals surface area (Å²) < 4.78 is 5.37. The lowest BCUT2D eigenvalue weighted by molar-refractivity contribution is 0.0939. The monoisotopic (exact) mass is 433 g/mol. The van der Waals surface area contributed by atoms with Gasteiger partial charge in [-0.25, -0.2) is 4.98 Å². The second kappa shape index (κ2) is 11.1. The third-order valence-corrected chi connectivity index (χ3v) is 5.96. The van der Waals surface area contributed by atoms with Crippen molar-refractivity contribution in [1.29, 1.82) is 0 Å². The van der Waals surface area contributed by atoms with Crippen molar-refractivity contribution in [2.75, 3.05) is 26.7 Å². The van der Waals surface area contributed by atoms with Crippen molar-refractivity contribution in [3.05, 3.63) is 59.7 Å².